The number of rotatable bonds is 4. The molecule has 4 N–H and O–H groups in total. The number of hydrogen-bond donors (Lipinski definition) is 3. The van der Waals surface area contributed by atoms with Crippen molar-refractivity contribution in [3.05, 3.63) is 35.1 Å². The lowest BCUT2D eigenvalue weighted by Crippen LogP contribution is -2.35. The molecule has 21 heavy (non-hydrogen) atoms. The average Bonchev–Trinajstić information content (AvgIpc) is 2.46. The van der Waals surface area contributed by atoms with E-state index in [-0.39, 0.29) is 11.7 Å². The van der Waals surface area contributed by atoms with Crippen molar-refractivity contribution in [1.82, 2.24) is 5.32 Å². The number of benzene rings is 1. The first-order valence-corrected chi connectivity index (χ1v) is 7.41. The van der Waals surface area contributed by atoms with Crippen LogP contribution in [-0.4, -0.2) is 17.1 Å². The van der Waals surface area contributed by atoms with E-state index in [1.165, 1.54) is 18.9 Å². The molecule has 1 fully saturated rings. The van der Waals surface area contributed by atoms with E-state index in [0.29, 0.717) is 29.1 Å². The second-order valence-corrected chi connectivity index (χ2v) is 6.61. The Kier molecular flexibility index (Phi) is 4.83. The number of hydrogen-bond acceptors (Lipinski definition) is 3. The highest BCUT2D eigenvalue weighted by atomic mass is 19.1. The van der Waals surface area contributed by atoms with Crippen molar-refractivity contribution in [3.63, 3.8) is 0 Å². The topological polar surface area (TPSA) is 70.6 Å². The Hall–Kier alpha value is -1.62. The molecule has 4 nitrogen and oxygen atoms in total. The lowest BCUT2D eigenvalue weighted by molar-refractivity contribution is 0.205. The molecule has 0 spiro atoms. The number of halogens is 1. The Morgan fingerprint density at radius 2 is 2.10 bits per heavy atom. The van der Waals surface area contributed by atoms with E-state index in [0.717, 1.165) is 12.8 Å². The third-order valence-electron chi connectivity index (χ3n) is 4.38. The highest BCUT2D eigenvalue weighted by Crippen LogP contribution is 2.35. The minimum atomic E-state index is -0.331. The van der Waals surface area contributed by atoms with Gasteiger partial charge in [-0.05, 0) is 37.2 Å². The average molecular weight is 293 g/mol. The maximum Gasteiger partial charge on any atom is 0.170 e. The zero-order valence-electron chi connectivity index (χ0n) is 12.7. The molecule has 0 unspecified atom stereocenters. The third-order valence-corrected chi connectivity index (χ3v) is 4.38. The van der Waals surface area contributed by atoms with Crippen LogP contribution in [0.2, 0.25) is 0 Å². The number of amidine groups is 1. The molecule has 1 aromatic carbocycles. The Morgan fingerprint density at radius 1 is 1.43 bits per heavy atom. The van der Waals surface area contributed by atoms with Crippen LogP contribution in [0.4, 0.5) is 4.39 Å². The Balaban J connectivity index is 1.92. The lowest BCUT2D eigenvalue weighted by atomic mass is 9.75. The van der Waals surface area contributed by atoms with Crippen molar-refractivity contribution in [2.24, 2.45) is 16.3 Å². The predicted molar refractivity (Wildman–Crippen MR) is 81.8 cm³/mol. The summed E-state index contributed by atoms with van der Waals surface area (Å²) in [5.74, 6) is -0.411. The first kappa shape index (κ1) is 15.8. The van der Waals surface area contributed by atoms with Crippen LogP contribution in [0.25, 0.3) is 0 Å². The molecule has 2 rings (SSSR count). The van der Waals surface area contributed by atoms with Crippen LogP contribution in [0, 0.1) is 11.2 Å². The van der Waals surface area contributed by atoms with Gasteiger partial charge in [-0.3, -0.25) is 0 Å². The van der Waals surface area contributed by atoms with E-state index in [1.807, 2.05) is 0 Å². The molecular formula is C16H24FN3O. The van der Waals surface area contributed by atoms with Gasteiger partial charge in [-0.2, -0.15) is 0 Å². The molecule has 1 aliphatic rings. The van der Waals surface area contributed by atoms with Crippen LogP contribution >= 0.6 is 0 Å². The molecule has 0 aliphatic heterocycles. The molecule has 0 bridgehead atoms. The number of nitrogens with one attached hydrogen (secondary N) is 1. The fourth-order valence-corrected chi connectivity index (χ4v) is 2.77. The second kappa shape index (κ2) is 6.43. The van der Waals surface area contributed by atoms with Gasteiger partial charge in [-0.25, -0.2) is 4.39 Å². The van der Waals surface area contributed by atoms with Crippen LogP contribution in [-0.2, 0) is 6.54 Å². The highest BCUT2D eigenvalue weighted by molar-refractivity contribution is 5.97. The SMILES string of the molecule is CC1(C)CCC(NCc2ccc(C(N)=NO)cc2F)CC1. The van der Waals surface area contributed by atoms with Crippen molar-refractivity contribution >= 4 is 5.84 Å². The summed E-state index contributed by atoms with van der Waals surface area (Å²) in [6, 6.07) is 5.11. The van der Waals surface area contributed by atoms with E-state index in [1.54, 1.807) is 12.1 Å². The number of nitrogens with two attached hydrogens (primary N) is 1. The monoisotopic (exact) mass is 293 g/mol. The summed E-state index contributed by atoms with van der Waals surface area (Å²) in [6.07, 6.45) is 4.68. The van der Waals surface area contributed by atoms with Gasteiger partial charge in [0.1, 0.15) is 5.82 Å². The summed E-state index contributed by atoms with van der Waals surface area (Å²) in [5, 5.41) is 14.9. The molecule has 0 saturated heterocycles. The van der Waals surface area contributed by atoms with Crippen molar-refractivity contribution in [2.75, 3.05) is 0 Å². The predicted octanol–water partition coefficient (Wildman–Crippen LogP) is 2.98. The normalized spacial score (nSPS) is 19.7. The highest BCUT2D eigenvalue weighted by Gasteiger charge is 2.26. The fraction of sp³-hybridized carbons (Fsp3) is 0.562. The first-order valence-electron chi connectivity index (χ1n) is 7.41. The van der Waals surface area contributed by atoms with Crippen molar-refractivity contribution < 1.29 is 9.60 Å². The Morgan fingerprint density at radius 3 is 2.67 bits per heavy atom. The standard InChI is InChI=1S/C16H24FN3O/c1-16(2)7-5-13(6-8-16)19-10-12-4-3-11(9-14(12)17)15(18)20-21/h3-4,9,13,19,21H,5-8,10H2,1-2H3,(H2,18,20). The minimum Gasteiger partial charge on any atom is -0.409 e. The smallest absolute Gasteiger partial charge is 0.170 e. The van der Waals surface area contributed by atoms with Crippen LogP contribution in [0.1, 0.15) is 50.7 Å². The van der Waals surface area contributed by atoms with E-state index < -0.39 is 0 Å². The molecule has 1 aromatic rings. The van der Waals surface area contributed by atoms with E-state index >= 15 is 0 Å². The summed E-state index contributed by atoms with van der Waals surface area (Å²) in [7, 11) is 0. The van der Waals surface area contributed by atoms with Gasteiger partial charge < -0.3 is 16.3 Å². The molecular weight excluding hydrogens is 269 g/mol. The quantitative estimate of drug-likeness (QED) is 0.346. The van der Waals surface area contributed by atoms with Crippen LogP contribution in [0.5, 0.6) is 0 Å². The van der Waals surface area contributed by atoms with Gasteiger partial charge in [0.05, 0.1) is 0 Å². The molecule has 116 valence electrons. The summed E-state index contributed by atoms with van der Waals surface area (Å²) in [5.41, 5.74) is 6.88. The summed E-state index contributed by atoms with van der Waals surface area (Å²) in [4.78, 5) is 0. The Bertz CT molecular complexity index is 518. The number of nitrogens with zero attached hydrogens (tertiary/aromatic N) is 1. The molecule has 0 heterocycles. The van der Waals surface area contributed by atoms with E-state index in [2.05, 4.69) is 24.3 Å². The molecule has 0 radical (unpaired) electrons. The van der Waals surface area contributed by atoms with E-state index in [9.17, 15) is 4.39 Å². The van der Waals surface area contributed by atoms with Gasteiger partial charge >= 0.3 is 0 Å². The largest absolute Gasteiger partial charge is 0.409 e. The maximum atomic E-state index is 14.0. The van der Waals surface area contributed by atoms with Gasteiger partial charge in [0.2, 0.25) is 0 Å². The summed E-state index contributed by atoms with van der Waals surface area (Å²) in [6.45, 7) is 5.11. The summed E-state index contributed by atoms with van der Waals surface area (Å²) >= 11 is 0. The van der Waals surface area contributed by atoms with Gasteiger partial charge in [0.25, 0.3) is 0 Å². The summed E-state index contributed by atoms with van der Waals surface area (Å²) < 4.78 is 14.0. The van der Waals surface area contributed by atoms with Crippen molar-refractivity contribution in [3.8, 4) is 0 Å². The van der Waals surface area contributed by atoms with Crippen LogP contribution in [0.15, 0.2) is 23.4 Å². The van der Waals surface area contributed by atoms with E-state index in [4.69, 9.17) is 10.9 Å². The zero-order chi connectivity index (χ0) is 15.5. The van der Waals surface area contributed by atoms with Gasteiger partial charge in [0, 0.05) is 23.7 Å². The van der Waals surface area contributed by atoms with Crippen LogP contribution < -0.4 is 11.1 Å². The van der Waals surface area contributed by atoms with Crippen molar-refractivity contribution in [2.45, 2.75) is 52.1 Å². The number of oxime groups is 1. The van der Waals surface area contributed by atoms with Crippen LogP contribution in [0.3, 0.4) is 0 Å². The second-order valence-electron chi connectivity index (χ2n) is 6.61. The molecule has 0 atom stereocenters. The molecule has 0 aromatic heterocycles. The third kappa shape index (κ3) is 4.17. The maximum absolute atomic E-state index is 14.0. The first-order chi connectivity index (χ1) is 9.91. The molecule has 5 heteroatoms. The molecule has 1 saturated carbocycles. The minimum absolute atomic E-state index is 0.0806. The van der Waals surface area contributed by atoms with Gasteiger partial charge in [-0.1, -0.05) is 31.1 Å². The zero-order valence-corrected chi connectivity index (χ0v) is 12.7. The van der Waals surface area contributed by atoms with Crippen molar-refractivity contribution in [1.29, 1.82) is 0 Å². The van der Waals surface area contributed by atoms with Gasteiger partial charge in [-0.15, -0.1) is 0 Å². The van der Waals surface area contributed by atoms with Gasteiger partial charge in [0.15, 0.2) is 5.84 Å². The lowest BCUT2D eigenvalue weighted by Gasteiger charge is -2.34. The molecule has 1 aliphatic carbocycles. The molecule has 0 amide bonds. The fourth-order valence-electron chi connectivity index (χ4n) is 2.77. The Labute approximate surface area is 125 Å².